The maximum atomic E-state index is 13.0. The number of hydrogen-bond donors (Lipinski definition) is 1. The van der Waals surface area contributed by atoms with Crippen LogP contribution in [-0.2, 0) is 13.2 Å². The number of benzene rings is 2. The van der Waals surface area contributed by atoms with Crippen LogP contribution in [0.4, 0.5) is 8.78 Å². The number of H-pyrrole nitrogens is 1. The molecule has 1 N–H and O–H groups in total. The van der Waals surface area contributed by atoms with Crippen LogP contribution < -0.4 is 4.74 Å². The molecule has 140 valence electrons. The van der Waals surface area contributed by atoms with Gasteiger partial charge in [0.05, 0.1) is 11.4 Å². The number of aromatic amines is 1. The molecule has 0 amide bonds. The fourth-order valence-corrected chi connectivity index (χ4v) is 3.42. The second-order valence-corrected chi connectivity index (χ2v) is 6.91. The van der Waals surface area contributed by atoms with E-state index in [4.69, 9.17) is 4.74 Å². The third-order valence-corrected chi connectivity index (χ3v) is 4.87. The van der Waals surface area contributed by atoms with Crippen molar-refractivity contribution in [1.82, 2.24) is 15.1 Å². The molecule has 1 atom stereocenters. The molecule has 4 rings (SSSR count). The number of nitrogens with one attached hydrogen (secondary N) is 1. The van der Waals surface area contributed by atoms with Crippen LogP contribution >= 0.6 is 0 Å². The van der Waals surface area contributed by atoms with Gasteiger partial charge in [0.15, 0.2) is 0 Å². The molecule has 0 unspecified atom stereocenters. The molecule has 6 heteroatoms. The quantitative estimate of drug-likeness (QED) is 0.706. The summed E-state index contributed by atoms with van der Waals surface area (Å²) in [4.78, 5) is 2.36. The molecule has 1 aliphatic heterocycles. The Morgan fingerprint density at radius 3 is 2.48 bits per heavy atom. The monoisotopic (exact) mass is 369 g/mol. The second-order valence-electron chi connectivity index (χ2n) is 6.91. The number of aromatic nitrogens is 2. The summed E-state index contributed by atoms with van der Waals surface area (Å²) in [6.07, 6.45) is 1.05. The van der Waals surface area contributed by atoms with Gasteiger partial charge in [-0.05, 0) is 61.0 Å². The molecule has 4 nitrogen and oxygen atoms in total. The zero-order chi connectivity index (χ0) is 18.6. The summed E-state index contributed by atoms with van der Waals surface area (Å²) in [5.41, 5.74) is 3.05. The van der Waals surface area contributed by atoms with Crippen LogP contribution in [0, 0.1) is 11.6 Å². The lowest BCUT2D eigenvalue weighted by atomic mass is 10.1. The van der Waals surface area contributed by atoms with E-state index >= 15 is 0 Å². The van der Waals surface area contributed by atoms with Gasteiger partial charge in [0.2, 0.25) is 0 Å². The largest absolute Gasteiger partial charge is 0.487 e. The lowest BCUT2D eigenvalue weighted by Crippen LogP contribution is -2.19. The molecule has 0 saturated carbocycles. The summed E-state index contributed by atoms with van der Waals surface area (Å²) < 4.78 is 31.6. The van der Waals surface area contributed by atoms with Crippen molar-refractivity contribution in [2.75, 3.05) is 13.1 Å². The molecule has 1 aromatic heterocycles. The molecule has 2 aromatic carbocycles. The van der Waals surface area contributed by atoms with E-state index in [-0.39, 0.29) is 11.6 Å². The summed E-state index contributed by atoms with van der Waals surface area (Å²) in [7, 11) is 0. The van der Waals surface area contributed by atoms with Crippen molar-refractivity contribution in [3.8, 4) is 5.75 Å². The van der Waals surface area contributed by atoms with Crippen LogP contribution in [-0.4, -0.2) is 28.2 Å². The molecule has 0 aliphatic carbocycles. The van der Waals surface area contributed by atoms with E-state index in [2.05, 4.69) is 15.1 Å². The van der Waals surface area contributed by atoms with Gasteiger partial charge >= 0.3 is 0 Å². The zero-order valence-corrected chi connectivity index (χ0v) is 14.9. The van der Waals surface area contributed by atoms with Crippen LogP contribution in [0.1, 0.15) is 29.3 Å². The standard InChI is InChI=1S/C21H21F2N3O/c22-17-3-1-15(2-4-17)12-26-10-9-16(13-26)21-11-19(24-25-21)14-27-20-7-5-18(23)6-8-20/h1-8,11,16H,9-10,12-14H2,(H,24,25)/t16-/m0/s1. The molecule has 0 spiro atoms. The molecular formula is C21H21F2N3O. The zero-order valence-electron chi connectivity index (χ0n) is 14.9. The smallest absolute Gasteiger partial charge is 0.130 e. The predicted molar refractivity (Wildman–Crippen MR) is 98.4 cm³/mol. The van der Waals surface area contributed by atoms with E-state index < -0.39 is 0 Å². The SMILES string of the molecule is Fc1ccc(CN2CC[C@H](c3cc(COc4ccc(F)cc4)[nH]n3)C2)cc1. The number of halogens is 2. The van der Waals surface area contributed by atoms with E-state index in [1.165, 1.54) is 24.3 Å². The molecule has 1 aliphatic rings. The number of hydrogen-bond acceptors (Lipinski definition) is 3. The number of likely N-dealkylation sites (tertiary alicyclic amines) is 1. The van der Waals surface area contributed by atoms with E-state index in [0.717, 1.165) is 43.0 Å². The maximum Gasteiger partial charge on any atom is 0.130 e. The fourth-order valence-electron chi connectivity index (χ4n) is 3.42. The van der Waals surface area contributed by atoms with Gasteiger partial charge in [0.25, 0.3) is 0 Å². The predicted octanol–water partition coefficient (Wildman–Crippen LogP) is 4.26. The Kier molecular flexibility index (Phi) is 5.16. The first-order valence-electron chi connectivity index (χ1n) is 9.05. The van der Waals surface area contributed by atoms with Crippen LogP contribution in [0.15, 0.2) is 54.6 Å². The highest BCUT2D eigenvalue weighted by Crippen LogP contribution is 2.27. The molecule has 3 aromatic rings. The lowest BCUT2D eigenvalue weighted by molar-refractivity contribution is 0.300. The Morgan fingerprint density at radius 2 is 1.74 bits per heavy atom. The van der Waals surface area contributed by atoms with E-state index in [9.17, 15) is 8.78 Å². The number of ether oxygens (including phenoxy) is 1. The van der Waals surface area contributed by atoms with Crippen molar-refractivity contribution < 1.29 is 13.5 Å². The Labute approximate surface area is 156 Å². The first kappa shape index (κ1) is 17.7. The van der Waals surface area contributed by atoms with Gasteiger partial charge in [-0.2, -0.15) is 5.10 Å². The van der Waals surface area contributed by atoms with Crippen molar-refractivity contribution >= 4 is 0 Å². The first-order valence-corrected chi connectivity index (χ1v) is 9.05. The Hall–Kier alpha value is -2.73. The Balaban J connectivity index is 1.30. The third kappa shape index (κ3) is 4.52. The van der Waals surface area contributed by atoms with Gasteiger partial charge in [-0.3, -0.25) is 10.00 Å². The summed E-state index contributed by atoms with van der Waals surface area (Å²) in [5, 5.41) is 7.46. The molecule has 1 saturated heterocycles. The third-order valence-electron chi connectivity index (χ3n) is 4.87. The lowest BCUT2D eigenvalue weighted by Gasteiger charge is -2.15. The minimum absolute atomic E-state index is 0.204. The average molecular weight is 369 g/mol. The Morgan fingerprint density at radius 1 is 1.04 bits per heavy atom. The maximum absolute atomic E-state index is 13.0. The van der Waals surface area contributed by atoms with Crippen LogP contribution in [0.5, 0.6) is 5.75 Å². The normalized spacial score (nSPS) is 17.3. The molecular weight excluding hydrogens is 348 g/mol. The van der Waals surface area contributed by atoms with Crippen molar-refractivity contribution in [2.24, 2.45) is 0 Å². The summed E-state index contributed by atoms with van der Waals surface area (Å²) in [6, 6.07) is 14.7. The number of nitrogens with zero attached hydrogens (tertiary/aromatic N) is 2. The van der Waals surface area contributed by atoms with E-state index in [0.29, 0.717) is 18.3 Å². The summed E-state index contributed by atoms with van der Waals surface area (Å²) >= 11 is 0. The van der Waals surface area contributed by atoms with Gasteiger partial charge in [-0.15, -0.1) is 0 Å². The minimum Gasteiger partial charge on any atom is -0.487 e. The molecule has 27 heavy (non-hydrogen) atoms. The highest BCUT2D eigenvalue weighted by molar-refractivity contribution is 5.23. The fraction of sp³-hybridized carbons (Fsp3) is 0.286. The van der Waals surface area contributed by atoms with Crippen molar-refractivity contribution in [1.29, 1.82) is 0 Å². The topological polar surface area (TPSA) is 41.1 Å². The van der Waals surface area contributed by atoms with Crippen molar-refractivity contribution in [3.05, 3.63) is 83.2 Å². The molecule has 2 heterocycles. The van der Waals surface area contributed by atoms with Gasteiger partial charge in [0, 0.05) is 19.0 Å². The van der Waals surface area contributed by atoms with Crippen LogP contribution in [0.2, 0.25) is 0 Å². The minimum atomic E-state index is -0.280. The van der Waals surface area contributed by atoms with E-state index in [1.54, 1.807) is 12.1 Å². The highest BCUT2D eigenvalue weighted by Gasteiger charge is 2.25. The van der Waals surface area contributed by atoms with Crippen molar-refractivity contribution in [3.63, 3.8) is 0 Å². The Bertz CT molecular complexity index is 877. The van der Waals surface area contributed by atoms with Gasteiger partial charge in [-0.25, -0.2) is 8.78 Å². The first-order chi connectivity index (χ1) is 13.2. The summed E-state index contributed by atoms with van der Waals surface area (Å²) in [6.45, 7) is 3.11. The highest BCUT2D eigenvalue weighted by atomic mass is 19.1. The second kappa shape index (κ2) is 7.88. The van der Waals surface area contributed by atoms with Gasteiger partial charge < -0.3 is 4.74 Å². The van der Waals surface area contributed by atoms with Gasteiger partial charge in [0.1, 0.15) is 24.0 Å². The average Bonchev–Trinajstić information content (AvgIpc) is 3.32. The number of rotatable bonds is 6. The molecule has 0 bridgehead atoms. The van der Waals surface area contributed by atoms with Crippen LogP contribution in [0.3, 0.4) is 0 Å². The van der Waals surface area contributed by atoms with Crippen molar-refractivity contribution in [2.45, 2.75) is 25.5 Å². The molecule has 0 radical (unpaired) electrons. The molecule has 1 fully saturated rings. The van der Waals surface area contributed by atoms with Crippen LogP contribution in [0.25, 0.3) is 0 Å². The summed E-state index contributed by atoms with van der Waals surface area (Å²) in [5.74, 6) is 0.516. The van der Waals surface area contributed by atoms with E-state index in [1.807, 2.05) is 18.2 Å². The van der Waals surface area contributed by atoms with Gasteiger partial charge in [-0.1, -0.05) is 12.1 Å².